The molecular formula is C90H169N10O12+. The molecule has 112 heavy (non-hydrogen) atoms. The molecule has 6 heterocycles. The molecule has 6 fully saturated rings. The van der Waals surface area contributed by atoms with Crippen LogP contribution in [0.3, 0.4) is 0 Å². The van der Waals surface area contributed by atoms with Gasteiger partial charge in [0, 0.05) is 170 Å². The van der Waals surface area contributed by atoms with E-state index in [0.717, 1.165) is 77.8 Å². The van der Waals surface area contributed by atoms with Gasteiger partial charge in [0.15, 0.2) is 13.1 Å². The monoisotopic (exact) mass is 1580 g/mol. The molecule has 22 heteroatoms. The summed E-state index contributed by atoms with van der Waals surface area (Å²) in [6.45, 7) is 72.0. The number of hydrogen-bond donors (Lipinski definition) is 1. The first-order valence-electron chi connectivity index (χ1n) is 44.3. The van der Waals surface area contributed by atoms with Crippen LogP contribution in [0.4, 0.5) is 0 Å². The van der Waals surface area contributed by atoms with Crippen LogP contribution in [0.5, 0.6) is 0 Å². The minimum absolute atomic E-state index is 0.100. The molecule has 0 aliphatic carbocycles. The van der Waals surface area contributed by atoms with E-state index in [-0.39, 0.29) is 174 Å². The van der Waals surface area contributed by atoms with Crippen molar-refractivity contribution >= 4 is 35.8 Å². The van der Waals surface area contributed by atoms with Crippen molar-refractivity contribution in [2.75, 3.05) is 118 Å². The van der Waals surface area contributed by atoms with E-state index in [2.05, 4.69) is 242 Å². The second kappa shape index (κ2) is 38.6. The fourth-order valence-corrected chi connectivity index (χ4v) is 23.4. The summed E-state index contributed by atoms with van der Waals surface area (Å²) < 4.78 is 39.5. The first-order chi connectivity index (χ1) is 51.5. The summed E-state index contributed by atoms with van der Waals surface area (Å²) in [5.41, 5.74) is -3.13. The van der Waals surface area contributed by atoms with Crippen LogP contribution in [0.25, 0.3) is 0 Å². The summed E-state index contributed by atoms with van der Waals surface area (Å²) in [5, 5.41) is 3.44. The highest BCUT2D eigenvalue weighted by molar-refractivity contribution is 5.76. The lowest BCUT2D eigenvalue weighted by Gasteiger charge is -2.55. The van der Waals surface area contributed by atoms with Crippen molar-refractivity contribution in [2.45, 2.75) is 426 Å². The maximum absolute atomic E-state index is 15.6. The third-order valence-electron chi connectivity index (χ3n) is 26.6. The fourth-order valence-electron chi connectivity index (χ4n) is 23.4. The molecule has 0 aromatic rings. The average Bonchev–Trinajstić information content (AvgIpc) is 0.804. The number of carbonyl (C=O) groups is 6. The largest absolute Gasteiger partial charge is 0.461 e. The number of carbonyl (C=O) groups excluding carboxylic acids is 6. The van der Waals surface area contributed by atoms with Crippen LogP contribution in [0.1, 0.15) is 323 Å². The van der Waals surface area contributed by atoms with E-state index in [1.165, 1.54) is 0 Å². The number of ether oxygens (including phenoxy) is 6. The Kier molecular flexibility index (Phi) is 33.6. The van der Waals surface area contributed by atoms with E-state index >= 15 is 14.4 Å². The lowest BCUT2D eigenvalue weighted by atomic mass is 9.78. The maximum Gasteiger partial charge on any atom is 0.362 e. The molecule has 0 amide bonds. The van der Waals surface area contributed by atoms with Crippen LogP contribution >= 0.6 is 0 Å². The van der Waals surface area contributed by atoms with Gasteiger partial charge < -0.3 is 38.2 Å². The third kappa shape index (κ3) is 26.5. The van der Waals surface area contributed by atoms with Gasteiger partial charge in [-0.1, -0.05) is 41.5 Å². The third-order valence-corrected chi connectivity index (χ3v) is 26.6. The second-order valence-electron chi connectivity index (χ2n) is 43.0. The van der Waals surface area contributed by atoms with Crippen molar-refractivity contribution in [3.05, 3.63) is 0 Å². The van der Waals surface area contributed by atoms with E-state index in [0.29, 0.717) is 77.0 Å². The average molecular weight is 1580 g/mol. The highest BCUT2D eigenvalue weighted by atomic mass is 16.6. The zero-order chi connectivity index (χ0) is 84.5. The molecule has 0 saturated carbocycles. The molecule has 6 aliphatic heterocycles. The Hall–Kier alpha value is -3.58. The van der Waals surface area contributed by atoms with Crippen molar-refractivity contribution in [1.82, 2.24) is 44.5 Å². The van der Waals surface area contributed by atoms with Gasteiger partial charge in [-0.15, -0.1) is 0 Å². The van der Waals surface area contributed by atoms with Gasteiger partial charge in [-0.25, -0.2) is 9.59 Å². The number of hydrogen-bond acceptors (Lipinski definition) is 21. The number of piperidine rings is 6. The molecule has 0 atom stereocenters. The van der Waals surface area contributed by atoms with E-state index < -0.39 is 48.2 Å². The molecule has 22 nitrogen and oxygen atoms in total. The minimum atomic E-state index is -0.457. The highest BCUT2D eigenvalue weighted by Gasteiger charge is 2.53. The highest BCUT2D eigenvalue weighted by Crippen LogP contribution is 2.46. The molecule has 0 unspecified atom stereocenters. The van der Waals surface area contributed by atoms with Crippen LogP contribution in [-0.4, -0.2) is 300 Å². The smallest absolute Gasteiger partial charge is 0.362 e. The van der Waals surface area contributed by atoms with E-state index in [4.69, 9.17) is 28.4 Å². The zero-order valence-electron chi connectivity index (χ0n) is 77.3. The summed E-state index contributed by atoms with van der Waals surface area (Å²) >= 11 is 0. The predicted molar refractivity (Wildman–Crippen MR) is 451 cm³/mol. The molecule has 0 radical (unpaired) electrons. The lowest BCUT2D eigenvalue weighted by molar-refractivity contribution is -0.913. The van der Waals surface area contributed by atoms with Crippen molar-refractivity contribution in [3.8, 4) is 0 Å². The van der Waals surface area contributed by atoms with E-state index in [1.807, 2.05) is 9.80 Å². The Morgan fingerprint density at radius 3 is 0.705 bits per heavy atom. The Labute approximate surface area is 682 Å². The predicted octanol–water partition coefficient (Wildman–Crippen LogP) is 13.8. The van der Waals surface area contributed by atoms with Gasteiger partial charge >= 0.3 is 35.8 Å². The first-order valence-corrected chi connectivity index (χ1v) is 44.3. The van der Waals surface area contributed by atoms with Crippen LogP contribution < -0.4 is 5.32 Å². The lowest BCUT2D eigenvalue weighted by Crippen LogP contribution is -2.64. The summed E-state index contributed by atoms with van der Waals surface area (Å²) in [4.78, 5) is 109. The molecule has 0 spiro atoms. The van der Waals surface area contributed by atoms with Crippen molar-refractivity contribution in [3.63, 3.8) is 0 Å². The molecule has 0 aromatic heterocycles. The van der Waals surface area contributed by atoms with Gasteiger partial charge in [-0.2, -0.15) is 0 Å². The van der Waals surface area contributed by atoms with E-state index in [1.54, 1.807) is 0 Å². The normalized spacial score (nSPS) is 24.5. The Bertz CT molecular complexity index is 2840. The topological polar surface area (TPSA) is 196 Å². The van der Waals surface area contributed by atoms with Crippen molar-refractivity contribution in [1.29, 1.82) is 0 Å². The number of nitrogens with one attached hydrogen (secondary N) is 1. The molecule has 0 aromatic carbocycles. The van der Waals surface area contributed by atoms with Gasteiger partial charge in [-0.05, 0) is 244 Å². The summed E-state index contributed by atoms with van der Waals surface area (Å²) in [7, 11) is 0. The number of rotatable bonds is 39. The Balaban J connectivity index is 1.44. The molecule has 6 saturated heterocycles. The van der Waals surface area contributed by atoms with Crippen LogP contribution in [-0.2, 0) is 57.2 Å². The van der Waals surface area contributed by atoms with Gasteiger partial charge in [-0.3, -0.25) is 58.4 Å². The van der Waals surface area contributed by atoms with Crippen LogP contribution in [0.2, 0.25) is 0 Å². The Morgan fingerprint density at radius 1 is 0.286 bits per heavy atom. The molecule has 6 rings (SSSR count). The number of likely N-dealkylation sites (tertiary alicyclic amines) is 6. The minimum Gasteiger partial charge on any atom is -0.461 e. The van der Waals surface area contributed by atoms with Crippen LogP contribution in [0.15, 0.2) is 0 Å². The number of esters is 6. The fraction of sp³-hybridized carbons (Fsp3) is 0.933. The SMILES string of the molecule is CCCN1C(C)(C)CC(OC(=O)CNCC[N+](CCN(CCN(CC(=O)OC2CC(C)(C)N(CCC)C(C)(C)C2)CC(=O)OC2CC(C)(C)N(CCC)C(C)(C)C2)CC(=O)OC2CC(C)(C)N(CCC)C(C)(C)C2)(CC(=O)OC2CC(C)(C)N(CCC)C(C)(C)C2)CC(=O)OC2CC(C)(C)N(CCC)C(C)(C)C2)CC1(C)C. The van der Waals surface area contributed by atoms with Gasteiger partial charge in [0.2, 0.25) is 0 Å². The first kappa shape index (κ1) is 97.3. The van der Waals surface area contributed by atoms with Gasteiger partial charge in [0.1, 0.15) is 36.6 Å². The quantitative estimate of drug-likeness (QED) is 0.0264. The van der Waals surface area contributed by atoms with E-state index in [9.17, 15) is 14.4 Å². The zero-order valence-corrected chi connectivity index (χ0v) is 77.3. The second-order valence-corrected chi connectivity index (χ2v) is 43.0. The molecule has 1 N–H and O–H groups in total. The molecule has 0 bridgehead atoms. The summed E-state index contributed by atoms with van der Waals surface area (Å²) in [6, 6.07) is 0. The number of nitrogens with zero attached hydrogens (tertiary/aromatic N) is 9. The maximum atomic E-state index is 15.6. The van der Waals surface area contributed by atoms with Gasteiger partial charge in [0.25, 0.3) is 0 Å². The standard InChI is InChI=1S/C90H169N10O12/c1-31-38-94-79(7,8)49-67(50-80(94,9)10)107-73(101)61-91-37-47-100(65-77(105)111-71-57-87(23,24)98(42-35-5)88(25,26)58-71,66-78(106)112-72-59-89(27,28)99(43-36-6)90(29,30)60-72)48-46-92(62-74(102)108-68-51-81(11,12)95(39-32-2)82(13,14)52-68)44-45-93(63-75(103)109-69-53-83(15,16)96(40-33-3)84(17,18)54-69)64-76(104)110-70-55-85(19,20)97(41-34-4)86(21,22)56-70/h67-72,91H,31-66H2,1-30H3/q+1. The molecule has 650 valence electrons. The molecular weight excluding hydrogens is 1410 g/mol. The Morgan fingerprint density at radius 2 is 0.482 bits per heavy atom. The summed E-state index contributed by atoms with van der Waals surface area (Å²) in [5.74, 6) is -2.62. The number of quaternary nitrogens is 1. The molecule has 6 aliphatic rings. The van der Waals surface area contributed by atoms with Gasteiger partial charge in [0.05, 0.1) is 39.3 Å². The summed E-state index contributed by atoms with van der Waals surface area (Å²) in [6.07, 6.45) is 11.4. The van der Waals surface area contributed by atoms with Crippen molar-refractivity contribution in [2.24, 2.45) is 0 Å². The van der Waals surface area contributed by atoms with Crippen LogP contribution in [0, 0.1) is 0 Å². The van der Waals surface area contributed by atoms with Crippen molar-refractivity contribution < 1.29 is 61.7 Å².